The number of fused-ring (bicyclic) bond motifs is 1. The molecule has 0 spiro atoms. The van der Waals surface area contributed by atoms with Crippen molar-refractivity contribution in [2.45, 2.75) is 76.7 Å². The van der Waals surface area contributed by atoms with Gasteiger partial charge in [-0.05, 0) is 55.7 Å². The summed E-state index contributed by atoms with van der Waals surface area (Å²) >= 11 is 0. The molecule has 2 atom stereocenters. The van der Waals surface area contributed by atoms with Crippen molar-refractivity contribution in [2.75, 3.05) is 13.1 Å². The maximum absolute atomic E-state index is 13.4. The summed E-state index contributed by atoms with van der Waals surface area (Å²) in [6.45, 7) is 1.53. The van der Waals surface area contributed by atoms with Gasteiger partial charge in [0.1, 0.15) is 5.82 Å². The Labute approximate surface area is 173 Å². The Balaban J connectivity index is 1.39. The second-order valence-electron chi connectivity index (χ2n) is 9.40. The highest BCUT2D eigenvalue weighted by Gasteiger charge is 2.50. The molecule has 4 rings (SSSR count). The van der Waals surface area contributed by atoms with E-state index in [1.54, 1.807) is 12.1 Å². The quantitative estimate of drug-likeness (QED) is 0.777. The van der Waals surface area contributed by atoms with Gasteiger partial charge in [-0.3, -0.25) is 9.59 Å². The molecule has 1 saturated heterocycles. The number of hydrogen-bond acceptors (Lipinski definition) is 2. The van der Waals surface area contributed by atoms with Crippen molar-refractivity contribution in [3.05, 3.63) is 35.6 Å². The molecule has 2 amide bonds. The van der Waals surface area contributed by atoms with Gasteiger partial charge in [0.15, 0.2) is 0 Å². The Kier molecular flexibility index (Phi) is 6.21. The lowest BCUT2D eigenvalue weighted by Gasteiger charge is -2.47. The van der Waals surface area contributed by atoms with E-state index in [2.05, 4.69) is 10.2 Å². The SMILES string of the molecule is O=C(Cc1cccc(F)c1)NC[C@@]12CCC[C@H]1N(CC1CCCCC1)C(=O)CC2. The van der Waals surface area contributed by atoms with Crippen LogP contribution in [-0.4, -0.2) is 35.8 Å². The maximum Gasteiger partial charge on any atom is 0.224 e. The predicted molar refractivity (Wildman–Crippen MR) is 111 cm³/mol. The highest BCUT2D eigenvalue weighted by Crippen LogP contribution is 2.48. The Morgan fingerprint density at radius 3 is 2.76 bits per heavy atom. The zero-order valence-corrected chi connectivity index (χ0v) is 17.3. The lowest BCUT2D eigenvalue weighted by Crippen LogP contribution is -2.57. The fourth-order valence-corrected chi connectivity index (χ4v) is 5.91. The maximum atomic E-state index is 13.4. The van der Waals surface area contributed by atoms with Gasteiger partial charge in [-0.25, -0.2) is 4.39 Å². The van der Waals surface area contributed by atoms with Crippen LogP contribution in [0, 0.1) is 17.2 Å². The number of hydrogen-bond donors (Lipinski definition) is 1. The number of rotatable bonds is 6. The Bertz CT molecular complexity index is 746. The van der Waals surface area contributed by atoms with E-state index in [0.717, 1.165) is 32.2 Å². The molecule has 0 aromatic heterocycles. The van der Waals surface area contributed by atoms with E-state index in [1.807, 2.05) is 0 Å². The van der Waals surface area contributed by atoms with Crippen LogP contribution in [0.1, 0.15) is 69.8 Å². The molecule has 2 aliphatic carbocycles. The molecule has 1 aromatic rings. The first kappa shape index (κ1) is 20.4. The summed E-state index contributed by atoms with van der Waals surface area (Å²) in [4.78, 5) is 27.5. The summed E-state index contributed by atoms with van der Waals surface area (Å²) in [6.07, 6.45) is 11.3. The third kappa shape index (κ3) is 4.65. The van der Waals surface area contributed by atoms with Crippen molar-refractivity contribution in [3.63, 3.8) is 0 Å². The third-order valence-corrected chi connectivity index (χ3v) is 7.46. The smallest absolute Gasteiger partial charge is 0.224 e. The fraction of sp³-hybridized carbons (Fsp3) is 0.667. The fourth-order valence-electron chi connectivity index (χ4n) is 5.91. The van der Waals surface area contributed by atoms with Gasteiger partial charge in [0, 0.05) is 31.0 Å². The highest BCUT2D eigenvalue weighted by atomic mass is 19.1. The first-order valence-electron chi connectivity index (χ1n) is 11.4. The number of amides is 2. The number of nitrogens with one attached hydrogen (secondary N) is 1. The van der Waals surface area contributed by atoms with Crippen LogP contribution in [-0.2, 0) is 16.0 Å². The standard InChI is InChI=1S/C24H33FN2O2/c25-20-9-4-8-19(14-20)15-22(28)26-17-24-12-5-10-21(24)27(23(29)11-13-24)16-18-6-2-1-3-7-18/h4,8-9,14,18,21H,1-3,5-7,10-13,15-17H2,(H,26,28)/t21-,24+/m1/s1. The van der Waals surface area contributed by atoms with Gasteiger partial charge >= 0.3 is 0 Å². The van der Waals surface area contributed by atoms with E-state index >= 15 is 0 Å². The number of benzene rings is 1. The van der Waals surface area contributed by atoms with Gasteiger partial charge in [-0.1, -0.05) is 37.8 Å². The summed E-state index contributed by atoms with van der Waals surface area (Å²) in [5, 5.41) is 3.12. The van der Waals surface area contributed by atoms with Crippen LogP contribution in [0.25, 0.3) is 0 Å². The summed E-state index contributed by atoms with van der Waals surface area (Å²) in [5.74, 6) is 0.580. The molecule has 1 heterocycles. The Morgan fingerprint density at radius 1 is 1.14 bits per heavy atom. The zero-order valence-electron chi connectivity index (χ0n) is 17.3. The van der Waals surface area contributed by atoms with Crippen molar-refractivity contribution in [1.82, 2.24) is 10.2 Å². The minimum absolute atomic E-state index is 0.0141. The summed E-state index contributed by atoms with van der Waals surface area (Å²) in [6, 6.07) is 6.50. The van der Waals surface area contributed by atoms with E-state index < -0.39 is 0 Å². The Hall–Kier alpha value is -1.91. The van der Waals surface area contributed by atoms with Gasteiger partial charge in [0.05, 0.1) is 6.42 Å². The molecule has 158 valence electrons. The van der Waals surface area contributed by atoms with E-state index in [0.29, 0.717) is 30.4 Å². The largest absolute Gasteiger partial charge is 0.355 e. The molecule has 1 aliphatic heterocycles. The number of carbonyl (C=O) groups is 2. The van der Waals surface area contributed by atoms with Crippen LogP contribution < -0.4 is 5.32 Å². The van der Waals surface area contributed by atoms with Crippen LogP contribution in [0.3, 0.4) is 0 Å². The van der Waals surface area contributed by atoms with Crippen LogP contribution in [0.5, 0.6) is 0 Å². The monoisotopic (exact) mass is 400 g/mol. The molecular formula is C24H33FN2O2. The number of piperidine rings is 1. The van der Waals surface area contributed by atoms with Gasteiger partial charge in [0.2, 0.25) is 11.8 Å². The molecule has 1 N–H and O–H groups in total. The third-order valence-electron chi connectivity index (χ3n) is 7.46. The molecule has 3 aliphatic rings. The van der Waals surface area contributed by atoms with Gasteiger partial charge in [-0.2, -0.15) is 0 Å². The molecule has 0 bridgehead atoms. The number of nitrogens with zero attached hydrogens (tertiary/aromatic N) is 1. The second-order valence-corrected chi connectivity index (χ2v) is 9.40. The molecule has 0 radical (unpaired) electrons. The topological polar surface area (TPSA) is 49.4 Å². The number of likely N-dealkylation sites (tertiary alicyclic amines) is 1. The molecular weight excluding hydrogens is 367 g/mol. The van der Waals surface area contributed by atoms with E-state index in [-0.39, 0.29) is 29.6 Å². The van der Waals surface area contributed by atoms with Crippen LogP contribution in [0.2, 0.25) is 0 Å². The number of carbonyl (C=O) groups excluding carboxylic acids is 2. The summed E-state index contributed by atoms with van der Waals surface area (Å²) in [7, 11) is 0. The zero-order chi connectivity index (χ0) is 20.3. The van der Waals surface area contributed by atoms with Gasteiger partial charge < -0.3 is 10.2 Å². The minimum Gasteiger partial charge on any atom is -0.355 e. The van der Waals surface area contributed by atoms with Crippen molar-refractivity contribution in [3.8, 4) is 0 Å². The number of halogens is 1. The molecule has 29 heavy (non-hydrogen) atoms. The van der Waals surface area contributed by atoms with Gasteiger partial charge in [0.25, 0.3) is 0 Å². The Morgan fingerprint density at radius 2 is 1.97 bits per heavy atom. The molecule has 3 fully saturated rings. The van der Waals surface area contributed by atoms with Gasteiger partial charge in [-0.15, -0.1) is 0 Å². The van der Waals surface area contributed by atoms with Crippen LogP contribution in [0.4, 0.5) is 4.39 Å². The first-order valence-corrected chi connectivity index (χ1v) is 11.4. The van der Waals surface area contributed by atoms with E-state index in [4.69, 9.17) is 0 Å². The molecule has 5 heteroatoms. The highest BCUT2D eigenvalue weighted by molar-refractivity contribution is 5.79. The first-order chi connectivity index (χ1) is 14.1. The molecule has 0 unspecified atom stereocenters. The lowest BCUT2D eigenvalue weighted by molar-refractivity contribution is -0.143. The van der Waals surface area contributed by atoms with Crippen molar-refractivity contribution < 1.29 is 14.0 Å². The summed E-state index contributed by atoms with van der Waals surface area (Å²) in [5.41, 5.74) is 0.709. The minimum atomic E-state index is -0.311. The van der Waals surface area contributed by atoms with Crippen LogP contribution >= 0.6 is 0 Å². The normalized spacial score (nSPS) is 27.7. The average Bonchev–Trinajstić information content (AvgIpc) is 3.14. The van der Waals surface area contributed by atoms with E-state index in [9.17, 15) is 14.0 Å². The predicted octanol–water partition coefficient (Wildman–Crippen LogP) is 4.23. The lowest BCUT2D eigenvalue weighted by atomic mass is 9.74. The summed E-state index contributed by atoms with van der Waals surface area (Å²) < 4.78 is 13.4. The average molecular weight is 401 g/mol. The molecule has 1 aromatic carbocycles. The van der Waals surface area contributed by atoms with Crippen molar-refractivity contribution >= 4 is 11.8 Å². The van der Waals surface area contributed by atoms with Crippen molar-refractivity contribution in [2.24, 2.45) is 11.3 Å². The second kappa shape index (κ2) is 8.85. The molecule has 2 saturated carbocycles. The van der Waals surface area contributed by atoms with E-state index in [1.165, 1.54) is 44.2 Å². The van der Waals surface area contributed by atoms with Crippen molar-refractivity contribution in [1.29, 1.82) is 0 Å². The molecule has 4 nitrogen and oxygen atoms in total. The van der Waals surface area contributed by atoms with Crippen LogP contribution in [0.15, 0.2) is 24.3 Å².